The van der Waals surface area contributed by atoms with Crippen LogP contribution in [0.25, 0.3) is 0 Å². The fourth-order valence-corrected chi connectivity index (χ4v) is 4.27. The Labute approximate surface area is 132 Å². The molecule has 0 unspecified atom stereocenters. The van der Waals surface area contributed by atoms with Gasteiger partial charge in [-0.2, -0.15) is 0 Å². The van der Waals surface area contributed by atoms with Gasteiger partial charge in [-0.15, -0.1) is 6.58 Å². The van der Waals surface area contributed by atoms with E-state index in [1.54, 1.807) is 30.3 Å². The first kappa shape index (κ1) is 16.7. The number of carbonyl (C=O) groups excluding carboxylic acids is 1. The van der Waals surface area contributed by atoms with Crippen LogP contribution in [0.3, 0.4) is 0 Å². The quantitative estimate of drug-likeness (QED) is 0.848. The van der Waals surface area contributed by atoms with E-state index in [1.807, 2.05) is 26.8 Å². The Hall–Kier alpha value is -1.62. The predicted octanol–water partition coefficient (Wildman–Crippen LogP) is 2.87. The summed E-state index contributed by atoms with van der Waals surface area (Å²) in [6, 6.07) is 8.83. The minimum atomic E-state index is -3.70. The van der Waals surface area contributed by atoms with Crippen LogP contribution in [0.4, 0.5) is 0 Å². The Kier molecular flexibility index (Phi) is 4.22. The largest absolute Gasteiger partial charge is 0.273 e. The summed E-state index contributed by atoms with van der Waals surface area (Å²) in [5.74, 6) is -0.585. The molecule has 120 valence electrons. The maximum Gasteiger partial charge on any atom is 0.240 e. The Morgan fingerprint density at radius 1 is 1.36 bits per heavy atom. The van der Waals surface area contributed by atoms with E-state index in [4.69, 9.17) is 0 Å². The highest BCUT2D eigenvalue weighted by atomic mass is 32.2. The first-order valence-corrected chi connectivity index (χ1v) is 8.99. The Morgan fingerprint density at radius 2 is 1.95 bits per heavy atom. The lowest BCUT2D eigenvalue weighted by molar-refractivity contribution is -0.128. The van der Waals surface area contributed by atoms with Crippen LogP contribution >= 0.6 is 0 Å². The van der Waals surface area contributed by atoms with Crippen LogP contribution in [0.1, 0.15) is 32.8 Å². The van der Waals surface area contributed by atoms with Crippen LogP contribution < -0.4 is 4.72 Å². The van der Waals surface area contributed by atoms with Crippen LogP contribution in [0.2, 0.25) is 0 Å². The molecule has 0 aliphatic heterocycles. The van der Waals surface area contributed by atoms with Crippen LogP contribution in [0.5, 0.6) is 0 Å². The topological polar surface area (TPSA) is 63.2 Å². The number of benzene rings is 1. The highest BCUT2D eigenvalue weighted by Crippen LogP contribution is 2.63. The van der Waals surface area contributed by atoms with Gasteiger partial charge in [-0.25, -0.2) is 8.42 Å². The molecule has 1 fully saturated rings. The highest BCUT2D eigenvalue weighted by molar-refractivity contribution is 7.89. The van der Waals surface area contributed by atoms with Crippen LogP contribution in [-0.4, -0.2) is 14.3 Å². The predicted molar refractivity (Wildman–Crippen MR) is 87.4 cm³/mol. The zero-order chi connectivity index (χ0) is 16.6. The zero-order valence-electron chi connectivity index (χ0n) is 13.3. The number of allylic oxidation sites excluding steroid dienone is 1. The van der Waals surface area contributed by atoms with Gasteiger partial charge < -0.3 is 0 Å². The van der Waals surface area contributed by atoms with Gasteiger partial charge in [-0.3, -0.25) is 9.52 Å². The molecule has 1 aromatic carbocycles. The zero-order valence-corrected chi connectivity index (χ0v) is 14.1. The van der Waals surface area contributed by atoms with Crippen LogP contribution in [-0.2, 0) is 20.6 Å². The molecule has 1 aromatic rings. The van der Waals surface area contributed by atoms with Gasteiger partial charge in [-0.05, 0) is 23.3 Å². The molecule has 1 amide bonds. The van der Waals surface area contributed by atoms with E-state index < -0.39 is 21.3 Å². The van der Waals surface area contributed by atoms with Crippen molar-refractivity contribution in [2.45, 2.75) is 32.9 Å². The molecule has 1 N–H and O–H groups in total. The second kappa shape index (κ2) is 5.54. The minimum Gasteiger partial charge on any atom is -0.273 e. The van der Waals surface area contributed by atoms with Crippen molar-refractivity contribution < 1.29 is 13.2 Å². The summed E-state index contributed by atoms with van der Waals surface area (Å²) < 4.78 is 26.8. The van der Waals surface area contributed by atoms with Crippen LogP contribution in [0, 0.1) is 16.7 Å². The number of amides is 1. The molecule has 1 aliphatic carbocycles. The smallest absolute Gasteiger partial charge is 0.240 e. The fraction of sp³-hybridized carbons (Fsp3) is 0.471. The van der Waals surface area contributed by atoms with E-state index in [1.165, 1.54) is 0 Å². The molecule has 0 spiro atoms. The molecule has 1 saturated carbocycles. The standard InChI is InChI=1S/C17H23NO3S/c1-5-14-11-17(14,16(2,3)4)15(19)18-22(20,21)12-13-9-7-6-8-10-13/h5-10,14H,1,11-12H2,2-4H3,(H,18,19)/t14-,17-/m1/s1. The van der Waals surface area contributed by atoms with E-state index in [0.717, 1.165) is 0 Å². The van der Waals surface area contributed by atoms with E-state index >= 15 is 0 Å². The SMILES string of the molecule is C=C[C@@H]1C[C@@]1(C(=O)NS(=O)(=O)Cc1ccccc1)C(C)(C)C. The fourth-order valence-electron chi connectivity index (χ4n) is 3.10. The van der Waals surface area contributed by atoms with Crippen molar-refractivity contribution in [1.82, 2.24) is 4.72 Å². The number of hydrogen-bond donors (Lipinski definition) is 1. The lowest BCUT2D eigenvalue weighted by Gasteiger charge is -2.30. The average molecular weight is 321 g/mol. The van der Waals surface area contributed by atoms with Crippen molar-refractivity contribution >= 4 is 15.9 Å². The third-order valence-corrected chi connectivity index (χ3v) is 5.70. The van der Waals surface area contributed by atoms with E-state index in [-0.39, 0.29) is 17.1 Å². The third kappa shape index (κ3) is 3.09. The van der Waals surface area contributed by atoms with E-state index in [2.05, 4.69) is 11.3 Å². The van der Waals surface area contributed by atoms with Crippen molar-refractivity contribution in [3.8, 4) is 0 Å². The monoisotopic (exact) mass is 321 g/mol. The van der Waals surface area contributed by atoms with Gasteiger partial charge in [-0.1, -0.05) is 57.2 Å². The molecule has 0 radical (unpaired) electrons. The molecule has 22 heavy (non-hydrogen) atoms. The summed E-state index contributed by atoms with van der Waals surface area (Å²) in [7, 11) is -3.70. The van der Waals surface area contributed by atoms with Crippen LogP contribution in [0.15, 0.2) is 43.0 Å². The molecule has 1 aliphatic rings. The lowest BCUT2D eigenvalue weighted by atomic mass is 9.75. The summed E-state index contributed by atoms with van der Waals surface area (Å²) in [6.45, 7) is 9.62. The van der Waals surface area contributed by atoms with Gasteiger partial charge in [0.25, 0.3) is 0 Å². The van der Waals surface area contributed by atoms with Gasteiger partial charge in [0.1, 0.15) is 0 Å². The third-order valence-electron chi connectivity index (χ3n) is 4.49. The summed E-state index contributed by atoms with van der Waals surface area (Å²) in [5, 5.41) is 0. The Balaban J connectivity index is 2.16. The van der Waals surface area contributed by atoms with Crippen molar-refractivity contribution in [3.63, 3.8) is 0 Å². The summed E-state index contributed by atoms with van der Waals surface area (Å²) in [4.78, 5) is 12.6. The minimum absolute atomic E-state index is 0.0272. The molecular weight excluding hydrogens is 298 g/mol. The molecule has 2 atom stereocenters. The van der Waals surface area contributed by atoms with Gasteiger partial charge in [0.2, 0.25) is 15.9 Å². The normalized spacial score (nSPS) is 24.6. The molecule has 0 heterocycles. The van der Waals surface area contributed by atoms with Crippen molar-refractivity contribution in [2.24, 2.45) is 16.7 Å². The Bertz CT molecular complexity index is 674. The molecule has 5 heteroatoms. The maximum absolute atomic E-state index is 12.6. The molecule has 0 saturated heterocycles. The summed E-state index contributed by atoms with van der Waals surface area (Å²) in [5.41, 5.74) is -0.347. The van der Waals surface area contributed by atoms with E-state index in [0.29, 0.717) is 12.0 Å². The second-order valence-corrected chi connectivity index (χ2v) is 8.67. The number of nitrogens with one attached hydrogen (secondary N) is 1. The molecule has 0 bridgehead atoms. The van der Waals surface area contributed by atoms with Crippen molar-refractivity contribution in [2.75, 3.05) is 0 Å². The van der Waals surface area contributed by atoms with Gasteiger partial charge in [0.15, 0.2) is 0 Å². The first-order chi connectivity index (χ1) is 10.1. The van der Waals surface area contributed by atoms with E-state index in [9.17, 15) is 13.2 Å². The highest BCUT2D eigenvalue weighted by Gasteiger charge is 2.65. The molecule has 4 nitrogen and oxygen atoms in total. The number of carbonyl (C=O) groups is 1. The lowest BCUT2D eigenvalue weighted by Crippen LogP contribution is -2.44. The first-order valence-electron chi connectivity index (χ1n) is 7.34. The molecular formula is C17H23NO3S. The van der Waals surface area contributed by atoms with Crippen molar-refractivity contribution in [3.05, 3.63) is 48.6 Å². The molecule has 0 aromatic heterocycles. The van der Waals surface area contributed by atoms with Gasteiger partial charge >= 0.3 is 0 Å². The maximum atomic E-state index is 12.6. The van der Waals surface area contributed by atoms with Gasteiger partial charge in [0, 0.05) is 0 Å². The van der Waals surface area contributed by atoms with Crippen molar-refractivity contribution in [1.29, 1.82) is 0 Å². The second-order valence-electron chi connectivity index (χ2n) is 6.94. The average Bonchev–Trinajstić information content (AvgIpc) is 3.14. The van der Waals surface area contributed by atoms with Gasteiger partial charge in [0.05, 0.1) is 11.2 Å². The number of sulfonamides is 1. The summed E-state index contributed by atoms with van der Waals surface area (Å²) >= 11 is 0. The number of rotatable bonds is 5. The summed E-state index contributed by atoms with van der Waals surface area (Å²) in [6.07, 6.45) is 2.39. The molecule has 2 rings (SSSR count). The Morgan fingerprint density at radius 3 is 2.41 bits per heavy atom. The number of hydrogen-bond acceptors (Lipinski definition) is 3.